The Morgan fingerprint density at radius 2 is 2.00 bits per heavy atom. The van der Waals surface area contributed by atoms with E-state index in [4.69, 9.17) is 19.8 Å². The normalized spacial score (nSPS) is 14.5. The van der Waals surface area contributed by atoms with Crippen LogP contribution in [0, 0.1) is 6.92 Å². The summed E-state index contributed by atoms with van der Waals surface area (Å²) in [5, 5.41) is 17.5. The minimum absolute atomic E-state index is 0.474. The summed E-state index contributed by atoms with van der Waals surface area (Å²) in [7, 11) is 3.81. The quantitative estimate of drug-likeness (QED) is 0.438. The number of pyridine rings is 1. The van der Waals surface area contributed by atoms with E-state index in [2.05, 4.69) is 15.2 Å². The number of aryl methyl sites for hydroxylation is 1. The Labute approximate surface area is 204 Å². The van der Waals surface area contributed by atoms with Gasteiger partial charge in [-0.3, -0.25) is 9.58 Å². The van der Waals surface area contributed by atoms with E-state index >= 15 is 0 Å². The summed E-state index contributed by atoms with van der Waals surface area (Å²) in [6.07, 6.45) is 0.886. The average Bonchev–Trinajstić information content (AvgIpc) is 3.17. The van der Waals surface area contributed by atoms with Gasteiger partial charge in [0.05, 0.1) is 13.2 Å². The highest BCUT2D eigenvalue weighted by atomic mass is 16.5. The number of nitrogens with zero attached hydrogens (tertiary/aromatic N) is 8. The third kappa shape index (κ3) is 5.77. The number of rotatable bonds is 9. The monoisotopic (exact) mass is 483 g/mol. The lowest BCUT2D eigenvalue weighted by Crippen LogP contribution is -2.47. The molecule has 1 aliphatic rings. The van der Waals surface area contributed by atoms with Crippen molar-refractivity contribution in [1.82, 2.24) is 34.5 Å². The second kappa shape index (κ2) is 10.8. The van der Waals surface area contributed by atoms with Crippen LogP contribution in [-0.2, 0) is 17.8 Å². The summed E-state index contributed by atoms with van der Waals surface area (Å²) in [5.74, 6) is 1.88. The van der Waals surface area contributed by atoms with Gasteiger partial charge >= 0.3 is 6.09 Å². The van der Waals surface area contributed by atoms with Crippen LogP contribution in [0.3, 0.4) is 0 Å². The van der Waals surface area contributed by atoms with E-state index in [-0.39, 0.29) is 0 Å². The molecule has 3 aromatic rings. The molecule has 3 aromatic heterocycles. The maximum Gasteiger partial charge on any atom is 0.407 e. The summed E-state index contributed by atoms with van der Waals surface area (Å²) in [4.78, 5) is 30.9. The van der Waals surface area contributed by atoms with Crippen LogP contribution < -0.4 is 10.2 Å². The smallest absolute Gasteiger partial charge is 0.407 e. The Morgan fingerprint density at radius 3 is 2.66 bits per heavy atom. The number of nitrogens with one attached hydrogen (secondary N) is 1. The average molecular weight is 484 g/mol. The standard InChI is InChI=1S/C23H33N9O3/c1-5-35-13-12-32-20-19(17(28-32)15-30-8-10-31(11-9-30)23(33)34)26-22(29(3)4)27-21(20)25-18-14-16(2)6-7-24-18/h6-7,14H,5,8-13,15H2,1-4H3,(H,33,34)(H,24,25,26,27). The van der Waals surface area contributed by atoms with E-state index < -0.39 is 6.09 Å². The van der Waals surface area contributed by atoms with E-state index in [1.165, 1.54) is 4.90 Å². The van der Waals surface area contributed by atoms with Crippen molar-refractivity contribution in [3.05, 3.63) is 29.6 Å². The van der Waals surface area contributed by atoms with Crippen molar-refractivity contribution in [2.45, 2.75) is 26.9 Å². The number of piperazine rings is 1. The minimum Gasteiger partial charge on any atom is -0.465 e. The van der Waals surface area contributed by atoms with Crippen molar-refractivity contribution in [3.8, 4) is 0 Å². The molecule has 0 spiro atoms. The molecule has 4 rings (SSSR count). The van der Waals surface area contributed by atoms with Crippen molar-refractivity contribution >= 4 is 34.7 Å². The number of carboxylic acid groups (broad SMARTS) is 1. The third-order valence-corrected chi connectivity index (χ3v) is 5.87. The van der Waals surface area contributed by atoms with Crippen LogP contribution >= 0.6 is 0 Å². The number of hydrogen-bond acceptors (Lipinski definition) is 9. The van der Waals surface area contributed by atoms with Gasteiger partial charge < -0.3 is 25.0 Å². The first-order valence-electron chi connectivity index (χ1n) is 11.8. The Morgan fingerprint density at radius 1 is 1.23 bits per heavy atom. The number of fused-ring (bicyclic) bond motifs is 1. The fourth-order valence-electron chi connectivity index (χ4n) is 4.02. The highest BCUT2D eigenvalue weighted by Gasteiger charge is 2.25. The largest absolute Gasteiger partial charge is 0.465 e. The van der Waals surface area contributed by atoms with Gasteiger partial charge in [-0.25, -0.2) is 14.8 Å². The number of ether oxygens (including phenoxy) is 1. The first kappa shape index (κ1) is 24.6. The van der Waals surface area contributed by atoms with E-state index in [9.17, 15) is 9.90 Å². The van der Waals surface area contributed by atoms with Crippen molar-refractivity contribution in [3.63, 3.8) is 0 Å². The fourth-order valence-corrected chi connectivity index (χ4v) is 4.02. The van der Waals surface area contributed by atoms with Crippen LogP contribution in [0.4, 0.5) is 22.4 Å². The zero-order chi connectivity index (χ0) is 24.9. The van der Waals surface area contributed by atoms with Crippen LogP contribution in [0.5, 0.6) is 0 Å². The van der Waals surface area contributed by atoms with Gasteiger partial charge in [-0.15, -0.1) is 0 Å². The molecule has 1 amide bonds. The first-order valence-corrected chi connectivity index (χ1v) is 11.8. The second-order valence-corrected chi connectivity index (χ2v) is 8.72. The molecule has 12 heteroatoms. The number of hydrogen-bond donors (Lipinski definition) is 2. The van der Waals surface area contributed by atoms with Gasteiger partial charge in [-0.1, -0.05) is 0 Å². The van der Waals surface area contributed by atoms with Gasteiger partial charge in [-0.2, -0.15) is 10.1 Å². The molecule has 2 N–H and O–H groups in total. The summed E-state index contributed by atoms with van der Waals surface area (Å²) < 4.78 is 7.50. The van der Waals surface area contributed by atoms with Gasteiger partial charge in [0.15, 0.2) is 5.82 Å². The molecule has 0 radical (unpaired) electrons. The Hall–Kier alpha value is -3.51. The lowest BCUT2D eigenvalue weighted by atomic mass is 10.2. The number of anilines is 3. The number of carbonyl (C=O) groups is 1. The number of amides is 1. The zero-order valence-corrected chi connectivity index (χ0v) is 20.7. The lowest BCUT2D eigenvalue weighted by molar-refractivity contribution is 0.102. The van der Waals surface area contributed by atoms with E-state index in [0.29, 0.717) is 70.1 Å². The predicted molar refractivity (Wildman–Crippen MR) is 133 cm³/mol. The molecular formula is C23H33N9O3. The van der Waals surface area contributed by atoms with Crippen molar-refractivity contribution in [2.24, 2.45) is 0 Å². The molecule has 4 heterocycles. The molecule has 12 nitrogen and oxygen atoms in total. The topological polar surface area (TPSA) is 125 Å². The third-order valence-electron chi connectivity index (χ3n) is 5.87. The fraction of sp³-hybridized carbons (Fsp3) is 0.522. The van der Waals surface area contributed by atoms with Crippen LogP contribution in [0.25, 0.3) is 11.0 Å². The molecule has 1 fully saturated rings. The molecule has 1 saturated heterocycles. The molecule has 0 saturated carbocycles. The number of aromatic nitrogens is 5. The Kier molecular flexibility index (Phi) is 7.61. The molecule has 1 aliphatic heterocycles. The van der Waals surface area contributed by atoms with Crippen LogP contribution in [-0.4, -0.2) is 99.2 Å². The highest BCUT2D eigenvalue weighted by Crippen LogP contribution is 2.29. The highest BCUT2D eigenvalue weighted by molar-refractivity contribution is 5.90. The van der Waals surface area contributed by atoms with Crippen LogP contribution in [0.1, 0.15) is 18.2 Å². The minimum atomic E-state index is -0.876. The summed E-state index contributed by atoms with van der Waals surface area (Å²) in [5.41, 5.74) is 3.46. The first-order chi connectivity index (χ1) is 16.9. The van der Waals surface area contributed by atoms with Gasteiger partial charge in [0.2, 0.25) is 5.95 Å². The molecule has 0 aromatic carbocycles. The van der Waals surface area contributed by atoms with Crippen LogP contribution in [0.15, 0.2) is 18.3 Å². The zero-order valence-electron chi connectivity index (χ0n) is 20.7. The summed E-state index contributed by atoms with van der Waals surface area (Å²) in [6.45, 7) is 8.47. The summed E-state index contributed by atoms with van der Waals surface area (Å²) in [6, 6.07) is 3.91. The van der Waals surface area contributed by atoms with Crippen molar-refractivity contribution < 1.29 is 14.6 Å². The molecule has 0 bridgehead atoms. The predicted octanol–water partition coefficient (Wildman–Crippen LogP) is 2.17. The molecule has 188 valence electrons. The van der Waals surface area contributed by atoms with Gasteiger partial charge in [-0.05, 0) is 31.5 Å². The van der Waals surface area contributed by atoms with Gasteiger partial charge in [0, 0.05) is 59.6 Å². The maximum absolute atomic E-state index is 11.3. The molecule has 0 aliphatic carbocycles. The maximum atomic E-state index is 11.3. The van der Waals surface area contributed by atoms with Gasteiger partial charge in [0.1, 0.15) is 22.5 Å². The molecular weight excluding hydrogens is 450 g/mol. The van der Waals surface area contributed by atoms with Crippen molar-refractivity contribution in [1.29, 1.82) is 0 Å². The molecule has 35 heavy (non-hydrogen) atoms. The van der Waals surface area contributed by atoms with Crippen molar-refractivity contribution in [2.75, 3.05) is 63.7 Å². The van der Waals surface area contributed by atoms with E-state index in [1.54, 1.807) is 6.20 Å². The SMILES string of the molecule is CCOCCn1nc(CN2CCN(C(=O)O)CC2)c2nc(N(C)C)nc(Nc3cc(C)ccn3)c21. The lowest BCUT2D eigenvalue weighted by Gasteiger charge is -2.32. The van der Waals surface area contributed by atoms with E-state index in [1.807, 2.05) is 49.7 Å². The molecule has 0 atom stereocenters. The Balaban J connectivity index is 1.73. The second-order valence-electron chi connectivity index (χ2n) is 8.72. The van der Waals surface area contributed by atoms with Crippen LogP contribution in [0.2, 0.25) is 0 Å². The van der Waals surface area contributed by atoms with E-state index in [0.717, 1.165) is 22.3 Å². The van der Waals surface area contributed by atoms with Gasteiger partial charge in [0.25, 0.3) is 0 Å². The molecule has 0 unspecified atom stereocenters. The Bertz CT molecular complexity index is 1170. The summed E-state index contributed by atoms with van der Waals surface area (Å²) >= 11 is 0.